The summed E-state index contributed by atoms with van der Waals surface area (Å²) in [6.45, 7) is 1.45. The summed E-state index contributed by atoms with van der Waals surface area (Å²) in [7, 11) is -6.72. The van der Waals surface area contributed by atoms with Crippen LogP contribution in [0.5, 0.6) is 0 Å². The smallest absolute Gasteiger partial charge is 0.244 e. The molecule has 0 aliphatic carbocycles. The van der Waals surface area contributed by atoms with E-state index in [1.165, 1.54) is 22.8 Å². The molecule has 0 unspecified atom stereocenters. The van der Waals surface area contributed by atoms with Crippen molar-refractivity contribution < 1.29 is 21.6 Å². The van der Waals surface area contributed by atoms with Crippen molar-refractivity contribution in [2.75, 3.05) is 32.5 Å². The molecule has 0 saturated carbocycles. The van der Waals surface area contributed by atoms with E-state index in [0.29, 0.717) is 26.2 Å². The van der Waals surface area contributed by atoms with Gasteiger partial charge in [-0.3, -0.25) is 4.98 Å². The fourth-order valence-corrected chi connectivity index (χ4v) is 5.10. The normalized spacial score (nSPS) is 24.6. The second-order valence-electron chi connectivity index (χ2n) is 6.48. The Labute approximate surface area is 142 Å². The van der Waals surface area contributed by atoms with Gasteiger partial charge in [-0.15, -0.1) is 0 Å². The Kier molecular flexibility index (Phi) is 4.69. The van der Waals surface area contributed by atoms with Crippen LogP contribution in [-0.2, 0) is 24.8 Å². The van der Waals surface area contributed by atoms with Gasteiger partial charge in [0.05, 0.1) is 18.5 Å². The number of nitrogens with zero attached hydrogens (tertiary/aromatic N) is 2. The predicted molar refractivity (Wildman–Crippen MR) is 87.2 cm³/mol. The number of hydrogen-bond acceptors (Lipinski definition) is 6. The lowest BCUT2D eigenvalue weighted by molar-refractivity contribution is -0.156. The summed E-state index contributed by atoms with van der Waals surface area (Å²) in [5.74, 6) is 0.120. The zero-order valence-corrected chi connectivity index (χ0v) is 15.0. The Morgan fingerprint density at radius 1 is 1.38 bits per heavy atom. The molecule has 2 saturated heterocycles. The summed E-state index contributed by atoms with van der Waals surface area (Å²) < 4.78 is 57.0. The lowest BCUT2D eigenvalue weighted by Gasteiger charge is -2.51. The molecule has 1 atom stereocenters. The van der Waals surface area contributed by atoms with Crippen LogP contribution in [0.2, 0.25) is 0 Å². The van der Waals surface area contributed by atoms with Crippen molar-refractivity contribution in [3.8, 4) is 0 Å². The van der Waals surface area contributed by atoms with Crippen molar-refractivity contribution in [1.82, 2.24) is 14.0 Å². The van der Waals surface area contributed by atoms with Crippen LogP contribution < -0.4 is 4.72 Å². The first-order valence-corrected chi connectivity index (χ1v) is 11.0. The lowest BCUT2D eigenvalue weighted by Crippen LogP contribution is -2.66. The van der Waals surface area contributed by atoms with E-state index in [0.717, 1.165) is 19.1 Å². The molecule has 3 rings (SSSR count). The van der Waals surface area contributed by atoms with E-state index in [-0.39, 0.29) is 10.8 Å². The second-order valence-corrected chi connectivity index (χ2v) is 10.3. The number of pyridine rings is 1. The predicted octanol–water partition coefficient (Wildman–Crippen LogP) is -0.199. The molecule has 2 aliphatic rings. The molecule has 0 radical (unpaired) electrons. The number of aromatic nitrogens is 1. The molecule has 134 valence electrons. The standard InChI is InChI=1S/C14H21N3O5S2/c1-23(18,19)16-7-12-4-5-14(22-9-12)10-17(11-14)24(20,21)13-3-2-6-15-8-13/h2-3,6,8,12,16H,4-5,7,9-11H2,1H3/t12-/m1/s1. The van der Waals surface area contributed by atoms with Crippen molar-refractivity contribution in [3.05, 3.63) is 24.5 Å². The zero-order chi connectivity index (χ0) is 17.4. The number of hydrogen-bond donors (Lipinski definition) is 1. The summed E-state index contributed by atoms with van der Waals surface area (Å²) in [5, 5.41) is 0. The topological polar surface area (TPSA) is 106 Å². The fraction of sp³-hybridized carbons (Fsp3) is 0.643. The molecule has 1 spiro atoms. The van der Waals surface area contributed by atoms with Crippen molar-refractivity contribution in [1.29, 1.82) is 0 Å². The summed E-state index contributed by atoms with van der Waals surface area (Å²) >= 11 is 0. The van der Waals surface area contributed by atoms with Gasteiger partial charge in [-0.1, -0.05) is 0 Å². The lowest BCUT2D eigenvalue weighted by atomic mass is 9.84. The molecule has 2 fully saturated rings. The van der Waals surface area contributed by atoms with Crippen molar-refractivity contribution in [2.45, 2.75) is 23.3 Å². The molecule has 24 heavy (non-hydrogen) atoms. The minimum Gasteiger partial charge on any atom is -0.372 e. The van der Waals surface area contributed by atoms with E-state index in [1.807, 2.05) is 0 Å². The number of sulfonamides is 2. The van der Waals surface area contributed by atoms with E-state index in [9.17, 15) is 16.8 Å². The molecule has 0 bridgehead atoms. The summed E-state index contributed by atoms with van der Waals surface area (Å²) in [6, 6.07) is 3.13. The highest BCUT2D eigenvalue weighted by Gasteiger charge is 2.51. The van der Waals surface area contributed by atoms with Gasteiger partial charge in [0, 0.05) is 32.0 Å². The van der Waals surface area contributed by atoms with Gasteiger partial charge in [-0.2, -0.15) is 4.31 Å². The maximum Gasteiger partial charge on any atom is 0.244 e. The fourth-order valence-electron chi connectivity index (χ4n) is 3.01. The molecule has 1 N–H and O–H groups in total. The molecule has 1 aromatic rings. The van der Waals surface area contributed by atoms with Gasteiger partial charge in [0.25, 0.3) is 0 Å². The number of rotatable bonds is 5. The first-order valence-electron chi connectivity index (χ1n) is 7.69. The number of nitrogens with one attached hydrogen (secondary N) is 1. The third-order valence-electron chi connectivity index (χ3n) is 4.47. The highest BCUT2D eigenvalue weighted by molar-refractivity contribution is 7.89. The Morgan fingerprint density at radius 2 is 2.12 bits per heavy atom. The molecule has 10 heteroatoms. The molecular formula is C14H21N3O5S2. The van der Waals surface area contributed by atoms with E-state index >= 15 is 0 Å². The Balaban J connectivity index is 1.54. The highest BCUT2D eigenvalue weighted by Crippen LogP contribution is 2.38. The van der Waals surface area contributed by atoms with Crippen LogP contribution in [0, 0.1) is 5.92 Å². The van der Waals surface area contributed by atoms with Gasteiger partial charge in [0.15, 0.2) is 0 Å². The Morgan fingerprint density at radius 3 is 2.67 bits per heavy atom. The quantitative estimate of drug-likeness (QED) is 0.764. The average Bonchev–Trinajstić information content (AvgIpc) is 2.51. The van der Waals surface area contributed by atoms with Crippen LogP contribution >= 0.6 is 0 Å². The highest BCUT2D eigenvalue weighted by atomic mass is 32.2. The van der Waals surface area contributed by atoms with Gasteiger partial charge in [0.2, 0.25) is 20.0 Å². The van der Waals surface area contributed by atoms with Gasteiger partial charge < -0.3 is 4.74 Å². The maximum atomic E-state index is 12.5. The molecule has 8 nitrogen and oxygen atoms in total. The molecular weight excluding hydrogens is 354 g/mol. The molecule has 0 aromatic carbocycles. The van der Waals surface area contributed by atoms with Gasteiger partial charge >= 0.3 is 0 Å². The van der Waals surface area contributed by atoms with Crippen molar-refractivity contribution in [3.63, 3.8) is 0 Å². The first kappa shape index (κ1) is 17.7. The monoisotopic (exact) mass is 375 g/mol. The molecule has 2 aliphatic heterocycles. The average molecular weight is 375 g/mol. The van der Waals surface area contributed by atoms with Crippen LogP contribution in [0.4, 0.5) is 0 Å². The van der Waals surface area contributed by atoms with Crippen LogP contribution in [0.3, 0.4) is 0 Å². The van der Waals surface area contributed by atoms with Crippen molar-refractivity contribution in [2.24, 2.45) is 5.92 Å². The third-order valence-corrected chi connectivity index (χ3v) is 6.94. The van der Waals surface area contributed by atoms with Gasteiger partial charge in [-0.05, 0) is 30.9 Å². The molecule has 0 amide bonds. The largest absolute Gasteiger partial charge is 0.372 e. The van der Waals surface area contributed by atoms with Crippen LogP contribution in [0.25, 0.3) is 0 Å². The van der Waals surface area contributed by atoms with E-state index in [4.69, 9.17) is 4.74 Å². The van der Waals surface area contributed by atoms with Gasteiger partial charge in [0.1, 0.15) is 4.90 Å². The molecule has 3 heterocycles. The van der Waals surface area contributed by atoms with Crippen LogP contribution in [0.1, 0.15) is 12.8 Å². The van der Waals surface area contributed by atoms with E-state index in [1.54, 1.807) is 6.07 Å². The summed E-state index contributed by atoms with van der Waals surface area (Å²) in [4.78, 5) is 4.04. The zero-order valence-electron chi connectivity index (χ0n) is 13.4. The minimum absolute atomic E-state index is 0.120. The maximum absolute atomic E-state index is 12.5. The number of ether oxygens (including phenoxy) is 1. The van der Waals surface area contributed by atoms with E-state index in [2.05, 4.69) is 9.71 Å². The van der Waals surface area contributed by atoms with Crippen LogP contribution in [0.15, 0.2) is 29.4 Å². The van der Waals surface area contributed by atoms with Crippen molar-refractivity contribution >= 4 is 20.0 Å². The Hall–Kier alpha value is -1.07. The second kappa shape index (κ2) is 6.34. The Bertz CT molecular complexity index is 779. The molecule has 1 aromatic heterocycles. The minimum atomic E-state index is -3.52. The SMILES string of the molecule is CS(=O)(=O)NC[C@H]1CCC2(CN(S(=O)(=O)c3cccnc3)C2)OC1. The van der Waals surface area contributed by atoms with Gasteiger partial charge in [-0.25, -0.2) is 21.6 Å². The van der Waals surface area contributed by atoms with E-state index < -0.39 is 25.6 Å². The van der Waals surface area contributed by atoms with Crippen LogP contribution in [-0.4, -0.2) is 64.2 Å². The third kappa shape index (κ3) is 3.77. The summed E-state index contributed by atoms with van der Waals surface area (Å²) in [5.41, 5.74) is -0.434. The summed E-state index contributed by atoms with van der Waals surface area (Å²) in [6.07, 6.45) is 5.54. The first-order chi connectivity index (χ1) is 11.2.